The van der Waals surface area contributed by atoms with Gasteiger partial charge < -0.3 is 10.2 Å². The van der Waals surface area contributed by atoms with Crippen LogP contribution < -0.4 is 10.2 Å². The monoisotopic (exact) mass is 291 g/mol. The van der Waals surface area contributed by atoms with Crippen molar-refractivity contribution in [2.45, 2.75) is 37.8 Å². The van der Waals surface area contributed by atoms with Crippen LogP contribution in [0.4, 0.5) is 10.1 Å². The molecule has 0 atom stereocenters. The summed E-state index contributed by atoms with van der Waals surface area (Å²) in [6.45, 7) is 3.99. The molecule has 1 N–H and O–H groups in total. The first-order chi connectivity index (χ1) is 10.3. The molecule has 1 aromatic carbocycles. The lowest BCUT2D eigenvalue weighted by molar-refractivity contribution is 0.137. The van der Waals surface area contributed by atoms with Crippen LogP contribution in [-0.4, -0.2) is 50.2 Å². The summed E-state index contributed by atoms with van der Waals surface area (Å²) in [6.07, 6.45) is 5.17. The molecule has 116 valence electrons. The SMILES string of the molecule is CNC1CCC(N2CCN(c3ccccc3F)CC2)CC1. The number of para-hydroxylation sites is 1. The van der Waals surface area contributed by atoms with E-state index >= 15 is 0 Å². The number of benzene rings is 1. The number of piperazine rings is 1. The Kier molecular flexibility index (Phi) is 4.76. The minimum absolute atomic E-state index is 0.0968. The van der Waals surface area contributed by atoms with E-state index in [1.54, 1.807) is 12.1 Å². The van der Waals surface area contributed by atoms with Crippen molar-refractivity contribution < 1.29 is 4.39 Å². The maximum absolute atomic E-state index is 13.8. The number of hydrogen-bond acceptors (Lipinski definition) is 3. The van der Waals surface area contributed by atoms with Crippen LogP contribution in [0.2, 0.25) is 0 Å². The molecule has 0 spiro atoms. The molecule has 0 bridgehead atoms. The number of rotatable bonds is 3. The molecule has 3 nitrogen and oxygen atoms in total. The molecular weight excluding hydrogens is 265 g/mol. The Labute approximate surface area is 127 Å². The molecule has 1 saturated carbocycles. The summed E-state index contributed by atoms with van der Waals surface area (Å²) in [6, 6.07) is 8.57. The van der Waals surface area contributed by atoms with Crippen molar-refractivity contribution in [2.24, 2.45) is 0 Å². The topological polar surface area (TPSA) is 18.5 Å². The van der Waals surface area contributed by atoms with Gasteiger partial charge in [-0.15, -0.1) is 0 Å². The first kappa shape index (κ1) is 14.8. The fourth-order valence-electron chi connectivity index (χ4n) is 3.77. The second-order valence-electron chi connectivity index (χ2n) is 6.27. The fourth-order valence-corrected chi connectivity index (χ4v) is 3.77. The summed E-state index contributed by atoms with van der Waals surface area (Å²) in [5.41, 5.74) is 0.760. The quantitative estimate of drug-likeness (QED) is 0.923. The van der Waals surface area contributed by atoms with Crippen molar-refractivity contribution in [3.05, 3.63) is 30.1 Å². The normalized spacial score (nSPS) is 27.8. The minimum Gasteiger partial charge on any atom is -0.367 e. The highest BCUT2D eigenvalue weighted by Crippen LogP contribution is 2.26. The van der Waals surface area contributed by atoms with E-state index in [-0.39, 0.29) is 5.82 Å². The Hall–Kier alpha value is -1.13. The number of hydrogen-bond donors (Lipinski definition) is 1. The fraction of sp³-hybridized carbons (Fsp3) is 0.647. The van der Waals surface area contributed by atoms with Crippen molar-refractivity contribution in [1.29, 1.82) is 0 Å². The van der Waals surface area contributed by atoms with Gasteiger partial charge in [0.15, 0.2) is 0 Å². The van der Waals surface area contributed by atoms with Crippen molar-refractivity contribution >= 4 is 5.69 Å². The maximum atomic E-state index is 13.8. The average molecular weight is 291 g/mol. The van der Waals surface area contributed by atoms with Gasteiger partial charge in [0.1, 0.15) is 5.82 Å². The van der Waals surface area contributed by atoms with Gasteiger partial charge in [0, 0.05) is 38.3 Å². The summed E-state index contributed by atoms with van der Waals surface area (Å²) < 4.78 is 13.8. The molecule has 2 fully saturated rings. The van der Waals surface area contributed by atoms with Crippen LogP contribution in [0.1, 0.15) is 25.7 Å². The molecule has 2 aliphatic rings. The van der Waals surface area contributed by atoms with Crippen LogP contribution in [0.5, 0.6) is 0 Å². The van der Waals surface area contributed by atoms with E-state index in [9.17, 15) is 4.39 Å². The van der Waals surface area contributed by atoms with E-state index in [2.05, 4.69) is 22.2 Å². The Balaban J connectivity index is 1.53. The van der Waals surface area contributed by atoms with E-state index in [0.29, 0.717) is 6.04 Å². The van der Waals surface area contributed by atoms with Crippen LogP contribution >= 0.6 is 0 Å². The zero-order valence-electron chi connectivity index (χ0n) is 12.9. The third-order valence-corrected chi connectivity index (χ3v) is 5.13. The van der Waals surface area contributed by atoms with Crippen LogP contribution in [0, 0.1) is 5.82 Å². The van der Waals surface area contributed by atoms with Crippen molar-refractivity contribution in [3.63, 3.8) is 0 Å². The molecule has 0 aromatic heterocycles. The number of halogens is 1. The molecule has 1 aromatic rings. The van der Waals surface area contributed by atoms with E-state index in [1.165, 1.54) is 25.7 Å². The van der Waals surface area contributed by atoms with Crippen LogP contribution in [0.15, 0.2) is 24.3 Å². The van der Waals surface area contributed by atoms with Gasteiger partial charge in [-0.1, -0.05) is 12.1 Å². The molecule has 4 heteroatoms. The lowest BCUT2D eigenvalue weighted by atomic mass is 9.90. The Morgan fingerprint density at radius 1 is 1.00 bits per heavy atom. The largest absolute Gasteiger partial charge is 0.367 e. The minimum atomic E-state index is -0.0968. The molecule has 0 radical (unpaired) electrons. The molecule has 0 unspecified atom stereocenters. The molecule has 3 rings (SSSR count). The second-order valence-corrected chi connectivity index (χ2v) is 6.27. The summed E-state index contributed by atoms with van der Waals surface area (Å²) in [4.78, 5) is 4.80. The lowest BCUT2D eigenvalue weighted by Gasteiger charge is -2.42. The molecule has 0 amide bonds. The second kappa shape index (κ2) is 6.75. The molecular formula is C17H26FN3. The van der Waals surface area contributed by atoms with Gasteiger partial charge in [-0.05, 0) is 44.9 Å². The highest BCUT2D eigenvalue weighted by Gasteiger charge is 2.28. The summed E-state index contributed by atoms with van der Waals surface area (Å²) in [5.74, 6) is -0.0968. The number of nitrogens with zero attached hydrogens (tertiary/aromatic N) is 2. The average Bonchev–Trinajstić information content (AvgIpc) is 2.56. The molecule has 1 aliphatic carbocycles. The first-order valence-electron chi connectivity index (χ1n) is 8.18. The Morgan fingerprint density at radius 2 is 1.67 bits per heavy atom. The van der Waals surface area contributed by atoms with Crippen LogP contribution in [0.25, 0.3) is 0 Å². The van der Waals surface area contributed by atoms with E-state index < -0.39 is 0 Å². The van der Waals surface area contributed by atoms with Gasteiger partial charge in [-0.2, -0.15) is 0 Å². The predicted molar refractivity (Wildman–Crippen MR) is 85.3 cm³/mol. The first-order valence-corrected chi connectivity index (χ1v) is 8.18. The predicted octanol–water partition coefficient (Wildman–Crippen LogP) is 2.48. The van der Waals surface area contributed by atoms with Gasteiger partial charge in [0.2, 0.25) is 0 Å². The standard InChI is InChI=1S/C17H26FN3/c1-19-14-6-8-15(9-7-14)20-10-12-21(13-11-20)17-5-3-2-4-16(17)18/h2-5,14-15,19H,6-13H2,1H3. The third-order valence-electron chi connectivity index (χ3n) is 5.13. The van der Waals surface area contributed by atoms with Crippen LogP contribution in [-0.2, 0) is 0 Å². The van der Waals surface area contributed by atoms with Gasteiger partial charge >= 0.3 is 0 Å². The maximum Gasteiger partial charge on any atom is 0.146 e. The van der Waals surface area contributed by atoms with Gasteiger partial charge in [0.25, 0.3) is 0 Å². The van der Waals surface area contributed by atoms with E-state index in [0.717, 1.165) is 37.9 Å². The van der Waals surface area contributed by atoms with E-state index in [4.69, 9.17) is 0 Å². The van der Waals surface area contributed by atoms with Gasteiger partial charge in [0.05, 0.1) is 5.69 Å². The Morgan fingerprint density at radius 3 is 2.29 bits per heavy atom. The highest BCUT2D eigenvalue weighted by molar-refractivity contribution is 5.48. The molecule has 1 heterocycles. The third kappa shape index (κ3) is 3.38. The van der Waals surface area contributed by atoms with Crippen molar-refractivity contribution in [2.75, 3.05) is 38.1 Å². The van der Waals surface area contributed by atoms with Gasteiger partial charge in [-0.25, -0.2) is 4.39 Å². The highest BCUT2D eigenvalue weighted by atomic mass is 19.1. The smallest absolute Gasteiger partial charge is 0.146 e. The van der Waals surface area contributed by atoms with Crippen LogP contribution in [0.3, 0.4) is 0 Å². The summed E-state index contributed by atoms with van der Waals surface area (Å²) in [7, 11) is 2.07. The molecule has 21 heavy (non-hydrogen) atoms. The number of nitrogens with one attached hydrogen (secondary N) is 1. The Bertz CT molecular complexity index is 449. The zero-order valence-corrected chi connectivity index (χ0v) is 12.9. The summed E-state index contributed by atoms with van der Waals surface area (Å²) in [5, 5.41) is 3.39. The molecule has 1 saturated heterocycles. The number of anilines is 1. The molecule has 1 aliphatic heterocycles. The van der Waals surface area contributed by atoms with E-state index in [1.807, 2.05) is 12.1 Å². The van der Waals surface area contributed by atoms with Crippen molar-refractivity contribution in [1.82, 2.24) is 10.2 Å². The zero-order chi connectivity index (χ0) is 14.7. The van der Waals surface area contributed by atoms with Crippen molar-refractivity contribution in [3.8, 4) is 0 Å². The summed E-state index contributed by atoms with van der Waals surface area (Å²) >= 11 is 0. The van der Waals surface area contributed by atoms with Gasteiger partial charge in [-0.3, -0.25) is 4.90 Å². The lowest BCUT2D eigenvalue weighted by Crippen LogP contribution is -2.52.